The molecule has 0 saturated heterocycles. The summed E-state index contributed by atoms with van der Waals surface area (Å²) in [4.78, 5) is 5.41. The molecule has 1 aromatic rings. The van der Waals surface area contributed by atoms with Gasteiger partial charge < -0.3 is 10.2 Å². The SMILES string of the molecule is CC(NOC(C)(C)C)c1cc(O)cc(O)c1. The molecule has 0 saturated carbocycles. The zero-order valence-electron chi connectivity index (χ0n) is 10.1. The van der Waals surface area contributed by atoms with Crippen molar-refractivity contribution in [3.8, 4) is 11.5 Å². The summed E-state index contributed by atoms with van der Waals surface area (Å²) in [6, 6.07) is 4.35. The van der Waals surface area contributed by atoms with Gasteiger partial charge in [0.2, 0.25) is 0 Å². The van der Waals surface area contributed by atoms with Gasteiger partial charge in [0, 0.05) is 6.07 Å². The second kappa shape index (κ2) is 4.72. The van der Waals surface area contributed by atoms with Crippen LogP contribution in [0, 0.1) is 0 Å². The summed E-state index contributed by atoms with van der Waals surface area (Å²) in [7, 11) is 0. The molecule has 0 heterocycles. The molecule has 0 amide bonds. The normalized spacial score (nSPS) is 13.8. The van der Waals surface area contributed by atoms with Crippen LogP contribution >= 0.6 is 0 Å². The zero-order chi connectivity index (χ0) is 12.3. The van der Waals surface area contributed by atoms with Gasteiger partial charge in [-0.3, -0.25) is 4.84 Å². The van der Waals surface area contributed by atoms with Gasteiger partial charge in [-0.15, -0.1) is 0 Å². The van der Waals surface area contributed by atoms with Crippen molar-refractivity contribution in [2.45, 2.75) is 39.3 Å². The van der Waals surface area contributed by atoms with Crippen molar-refractivity contribution >= 4 is 0 Å². The van der Waals surface area contributed by atoms with Crippen LogP contribution in [0.1, 0.15) is 39.3 Å². The Balaban J connectivity index is 2.69. The quantitative estimate of drug-likeness (QED) is 0.692. The summed E-state index contributed by atoms with van der Waals surface area (Å²) in [5.41, 5.74) is 3.35. The van der Waals surface area contributed by atoms with E-state index in [1.54, 1.807) is 12.1 Å². The minimum atomic E-state index is -0.285. The minimum Gasteiger partial charge on any atom is -0.508 e. The van der Waals surface area contributed by atoms with Crippen LogP contribution < -0.4 is 5.48 Å². The fourth-order valence-corrected chi connectivity index (χ4v) is 1.20. The third kappa shape index (κ3) is 4.08. The van der Waals surface area contributed by atoms with Crippen LogP contribution in [0.2, 0.25) is 0 Å². The number of rotatable bonds is 3. The van der Waals surface area contributed by atoms with Gasteiger partial charge >= 0.3 is 0 Å². The molecule has 0 spiro atoms. The summed E-state index contributed by atoms with van der Waals surface area (Å²) in [6.45, 7) is 7.70. The number of benzene rings is 1. The highest BCUT2D eigenvalue weighted by Crippen LogP contribution is 2.25. The van der Waals surface area contributed by atoms with Gasteiger partial charge in [0.1, 0.15) is 11.5 Å². The topological polar surface area (TPSA) is 61.7 Å². The molecule has 3 N–H and O–H groups in total. The lowest BCUT2D eigenvalue weighted by atomic mass is 10.1. The number of nitrogens with one attached hydrogen (secondary N) is 1. The Kier molecular flexibility index (Phi) is 3.78. The summed E-state index contributed by atoms with van der Waals surface area (Å²) in [5.74, 6) is 0.0822. The molecule has 16 heavy (non-hydrogen) atoms. The van der Waals surface area contributed by atoms with Crippen molar-refractivity contribution in [2.24, 2.45) is 0 Å². The fourth-order valence-electron chi connectivity index (χ4n) is 1.20. The Morgan fingerprint density at radius 3 is 2.06 bits per heavy atom. The predicted molar refractivity (Wildman–Crippen MR) is 62.2 cm³/mol. The predicted octanol–water partition coefficient (Wildman–Crippen LogP) is 2.48. The van der Waals surface area contributed by atoms with Crippen LogP contribution in [0.25, 0.3) is 0 Å². The van der Waals surface area contributed by atoms with E-state index in [0.717, 1.165) is 5.56 Å². The van der Waals surface area contributed by atoms with Gasteiger partial charge in [-0.25, -0.2) is 0 Å². The van der Waals surface area contributed by atoms with E-state index in [1.807, 2.05) is 27.7 Å². The van der Waals surface area contributed by atoms with E-state index in [1.165, 1.54) is 6.07 Å². The first-order valence-electron chi connectivity index (χ1n) is 5.24. The molecule has 90 valence electrons. The Bertz CT molecular complexity index is 338. The molecule has 1 atom stereocenters. The van der Waals surface area contributed by atoms with Crippen molar-refractivity contribution in [3.05, 3.63) is 23.8 Å². The Labute approximate surface area is 95.8 Å². The lowest BCUT2D eigenvalue weighted by Crippen LogP contribution is -2.30. The Morgan fingerprint density at radius 2 is 1.62 bits per heavy atom. The lowest BCUT2D eigenvalue weighted by Gasteiger charge is -2.23. The first-order valence-corrected chi connectivity index (χ1v) is 5.24. The van der Waals surface area contributed by atoms with E-state index in [2.05, 4.69) is 5.48 Å². The highest BCUT2D eigenvalue weighted by molar-refractivity contribution is 5.37. The molecule has 1 aromatic carbocycles. The highest BCUT2D eigenvalue weighted by atomic mass is 16.7. The van der Waals surface area contributed by atoms with Crippen LogP contribution in [0.4, 0.5) is 0 Å². The van der Waals surface area contributed by atoms with Crippen molar-refractivity contribution in [3.63, 3.8) is 0 Å². The molecule has 4 nitrogen and oxygen atoms in total. The minimum absolute atomic E-state index is 0.0411. The van der Waals surface area contributed by atoms with Crippen molar-refractivity contribution < 1.29 is 15.1 Å². The largest absolute Gasteiger partial charge is 0.508 e. The molecule has 1 unspecified atom stereocenters. The average Bonchev–Trinajstić information content (AvgIpc) is 2.11. The van der Waals surface area contributed by atoms with Gasteiger partial charge in [-0.05, 0) is 45.4 Å². The fraction of sp³-hybridized carbons (Fsp3) is 0.500. The standard InChI is InChI=1S/C12H19NO3/c1-8(13-16-12(2,3)4)9-5-10(14)7-11(15)6-9/h5-8,13-15H,1-4H3. The molecule has 0 aliphatic rings. The highest BCUT2D eigenvalue weighted by Gasteiger charge is 2.14. The van der Waals surface area contributed by atoms with E-state index in [4.69, 9.17) is 4.84 Å². The molecule has 0 aliphatic heterocycles. The van der Waals surface area contributed by atoms with Crippen LogP contribution in [-0.4, -0.2) is 15.8 Å². The third-order valence-corrected chi connectivity index (χ3v) is 1.97. The second-order valence-corrected chi connectivity index (χ2v) is 4.84. The molecule has 1 rings (SSSR count). The summed E-state index contributed by atoms with van der Waals surface area (Å²) in [5, 5.41) is 18.7. The van der Waals surface area contributed by atoms with Crippen molar-refractivity contribution in [1.29, 1.82) is 0 Å². The molecular weight excluding hydrogens is 206 g/mol. The number of phenols is 2. The molecule has 0 fully saturated rings. The van der Waals surface area contributed by atoms with E-state index >= 15 is 0 Å². The number of phenolic OH excluding ortho intramolecular Hbond substituents is 2. The van der Waals surface area contributed by atoms with Crippen molar-refractivity contribution in [1.82, 2.24) is 5.48 Å². The molecule has 0 bridgehead atoms. The second-order valence-electron chi connectivity index (χ2n) is 4.84. The van der Waals surface area contributed by atoms with Gasteiger partial charge in [-0.2, -0.15) is 5.48 Å². The summed E-state index contributed by atoms with van der Waals surface area (Å²) < 4.78 is 0. The van der Waals surface area contributed by atoms with E-state index < -0.39 is 0 Å². The van der Waals surface area contributed by atoms with Crippen LogP contribution in [-0.2, 0) is 4.84 Å². The smallest absolute Gasteiger partial charge is 0.119 e. The summed E-state index contributed by atoms with van der Waals surface area (Å²) >= 11 is 0. The number of aromatic hydroxyl groups is 2. The van der Waals surface area contributed by atoms with E-state index in [0.29, 0.717) is 0 Å². The molecule has 4 heteroatoms. The van der Waals surface area contributed by atoms with Gasteiger partial charge in [0.15, 0.2) is 0 Å². The van der Waals surface area contributed by atoms with Crippen LogP contribution in [0.15, 0.2) is 18.2 Å². The molecule has 0 aliphatic carbocycles. The van der Waals surface area contributed by atoms with Gasteiger partial charge in [0.25, 0.3) is 0 Å². The zero-order valence-corrected chi connectivity index (χ0v) is 10.1. The number of hydrogen-bond acceptors (Lipinski definition) is 4. The summed E-state index contributed by atoms with van der Waals surface area (Å²) in [6.07, 6.45) is 0. The van der Waals surface area contributed by atoms with Crippen LogP contribution in [0.5, 0.6) is 11.5 Å². The molecular formula is C12H19NO3. The lowest BCUT2D eigenvalue weighted by molar-refractivity contribution is -0.0866. The Hall–Kier alpha value is -1.26. The first kappa shape index (κ1) is 12.8. The first-order chi connectivity index (χ1) is 7.28. The average molecular weight is 225 g/mol. The van der Waals surface area contributed by atoms with Gasteiger partial charge in [-0.1, -0.05) is 0 Å². The monoisotopic (exact) mass is 225 g/mol. The van der Waals surface area contributed by atoms with E-state index in [-0.39, 0.29) is 23.1 Å². The van der Waals surface area contributed by atoms with E-state index in [9.17, 15) is 10.2 Å². The number of hydrogen-bond donors (Lipinski definition) is 3. The maximum atomic E-state index is 9.34. The number of hydroxylamine groups is 1. The molecule has 0 aromatic heterocycles. The van der Waals surface area contributed by atoms with Crippen LogP contribution in [0.3, 0.4) is 0 Å². The third-order valence-electron chi connectivity index (χ3n) is 1.97. The Morgan fingerprint density at radius 1 is 1.12 bits per heavy atom. The molecule has 0 radical (unpaired) electrons. The van der Waals surface area contributed by atoms with Gasteiger partial charge in [0.05, 0.1) is 11.6 Å². The van der Waals surface area contributed by atoms with Crippen molar-refractivity contribution in [2.75, 3.05) is 0 Å². The maximum absolute atomic E-state index is 9.34. The maximum Gasteiger partial charge on any atom is 0.119 e.